The monoisotopic (exact) mass is 593 g/mol. The first-order valence-electron chi connectivity index (χ1n) is 13.9. The first-order valence-corrected chi connectivity index (χ1v) is 15.9. The number of ether oxygens (including phenoxy) is 4. The van der Waals surface area contributed by atoms with E-state index in [1.807, 2.05) is 23.5 Å². The number of hydrogen-bond donors (Lipinski definition) is 1. The maximum absolute atomic E-state index is 13.4. The molecule has 0 spiro atoms. The minimum Gasteiger partial charge on any atom is -0.493 e. The Morgan fingerprint density at radius 3 is 2.32 bits per heavy atom. The molecule has 4 aromatic rings. The Morgan fingerprint density at radius 1 is 0.976 bits per heavy atom. The standard InChI is InChI=1S/C32H35NO6S2/c1-5-33-24-10-7-6-9-21(24)22-17-20(11-12-25(22)33)32(40-13-8-14-41-32)23-18-39-31(35)28(23)29(34)19-15-26(36-2)30(38-4)27(16-19)37-3/h6-7,9-12,15-17,23,28-29,34H,5,8,13-14,18H2,1-4H3/t23-,28-,29+/m0/s1. The van der Waals surface area contributed by atoms with E-state index in [1.165, 1.54) is 43.1 Å². The van der Waals surface area contributed by atoms with E-state index < -0.39 is 16.1 Å². The fourth-order valence-corrected chi connectivity index (χ4v) is 10.1. The van der Waals surface area contributed by atoms with Crippen LogP contribution in [0.25, 0.3) is 21.8 Å². The van der Waals surface area contributed by atoms with Crippen molar-refractivity contribution in [3.05, 3.63) is 65.7 Å². The third-order valence-electron chi connectivity index (χ3n) is 8.38. The quantitative estimate of drug-likeness (QED) is 0.236. The number of methoxy groups -OCH3 is 3. The van der Waals surface area contributed by atoms with Crippen LogP contribution in [0.1, 0.15) is 30.6 Å². The van der Waals surface area contributed by atoms with Crippen molar-refractivity contribution in [1.82, 2.24) is 4.57 Å². The van der Waals surface area contributed by atoms with Crippen LogP contribution >= 0.6 is 23.5 Å². The number of esters is 1. The highest BCUT2D eigenvalue weighted by Gasteiger charge is 2.55. The number of cyclic esters (lactones) is 1. The van der Waals surface area contributed by atoms with Gasteiger partial charge in [0.25, 0.3) is 0 Å². The first-order chi connectivity index (χ1) is 20.0. The second kappa shape index (κ2) is 11.3. The van der Waals surface area contributed by atoms with Crippen LogP contribution in [0.15, 0.2) is 54.6 Å². The lowest BCUT2D eigenvalue weighted by Gasteiger charge is -2.43. The molecule has 2 saturated heterocycles. The predicted octanol–water partition coefficient (Wildman–Crippen LogP) is 6.39. The van der Waals surface area contributed by atoms with Crippen LogP contribution in [0.2, 0.25) is 0 Å². The molecule has 7 nitrogen and oxygen atoms in total. The van der Waals surface area contributed by atoms with E-state index in [9.17, 15) is 9.90 Å². The van der Waals surface area contributed by atoms with Gasteiger partial charge in [-0.2, -0.15) is 0 Å². The number of aromatic nitrogens is 1. The normalized spacial score (nSPS) is 21.1. The molecule has 6 rings (SSSR count). The average molecular weight is 594 g/mol. The molecule has 0 bridgehead atoms. The van der Waals surface area contributed by atoms with Gasteiger partial charge in [-0.15, -0.1) is 23.5 Å². The first kappa shape index (κ1) is 28.1. The van der Waals surface area contributed by atoms with Crippen LogP contribution in [0, 0.1) is 11.8 Å². The number of para-hydroxylation sites is 1. The molecule has 2 aliphatic rings. The van der Waals surface area contributed by atoms with E-state index in [0.29, 0.717) is 22.8 Å². The molecule has 216 valence electrons. The van der Waals surface area contributed by atoms with E-state index in [-0.39, 0.29) is 18.5 Å². The zero-order chi connectivity index (χ0) is 28.7. The number of rotatable bonds is 8. The number of aliphatic hydroxyl groups is 1. The second-order valence-corrected chi connectivity index (χ2v) is 13.3. The van der Waals surface area contributed by atoms with Gasteiger partial charge in [0.05, 0.1) is 44.0 Å². The number of hydrogen-bond acceptors (Lipinski definition) is 8. The van der Waals surface area contributed by atoms with Crippen LogP contribution in [0.5, 0.6) is 17.2 Å². The van der Waals surface area contributed by atoms with Gasteiger partial charge < -0.3 is 28.6 Å². The van der Waals surface area contributed by atoms with Gasteiger partial charge in [-0.1, -0.05) is 24.3 Å². The minimum absolute atomic E-state index is 0.250. The summed E-state index contributed by atoms with van der Waals surface area (Å²) in [7, 11) is 4.61. The molecule has 2 aliphatic heterocycles. The van der Waals surface area contributed by atoms with Crippen LogP contribution in [-0.2, 0) is 20.2 Å². The summed E-state index contributed by atoms with van der Waals surface area (Å²) in [5.74, 6) is 1.84. The van der Waals surface area contributed by atoms with Gasteiger partial charge in [-0.3, -0.25) is 4.79 Å². The lowest BCUT2D eigenvalue weighted by Crippen LogP contribution is -2.39. The largest absolute Gasteiger partial charge is 0.493 e. The lowest BCUT2D eigenvalue weighted by atomic mass is 9.81. The van der Waals surface area contributed by atoms with Crippen LogP contribution in [0.3, 0.4) is 0 Å². The number of thioether (sulfide) groups is 2. The predicted molar refractivity (Wildman–Crippen MR) is 165 cm³/mol. The molecule has 0 saturated carbocycles. The molecule has 0 amide bonds. The summed E-state index contributed by atoms with van der Waals surface area (Å²) in [6.07, 6.45) is -0.0229. The van der Waals surface area contributed by atoms with Gasteiger partial charge >= 0.3 is 5.97 Å². The van der Waals surface area contributed by atoms with Gasteiger partial charge in [0, 0.05) is 34.3 Å². The summed E-state index contributed by atoms with van der Waals surface area (Å²) >= 11 is 3.74. The zero-order valence-electron chi connectivity index (χ0n) is 23.7. The van der Waals surface area contributed by atoms with Gasteiger partial charge in [-0.05, 0) is 66.3 Å². The molecule has 3 aromatic carbocycles. The number of aryl methyl sites for hydroxylation is 1. The molecule has 0 aliphatic carbocycles. The number of benzene rings is 3. The van der Waals surface area contributed by atoms with Gasteiger partial charge in [0.1, 0.15) is 0 Å². The average Bonchev–Trinajstić information content (AvgIpc) is 3.57. The second-order valence-electron chi connectivity index (χ2n) is 10.4. The number of nitrogens with zero attached hydrogens (tertiary/aromatic N) is 1. The summed E-state index contributed by atoms with van der Waals surface area (Å²) < 4.78 is 24.2. The molecule has 0 radical (unpaired) electrons. The number of fused-ring (bicyclic) bond motifs is 3. The summed E-state index contributed by atoms with van der Waals surface area (Å²) in [6.45, 7) is 3.30. The van der Waals surface area contributed by atoms with Crippen molar-refractivity contribution in [3.8, 4) is 17.2 Å². The van der Waals surface area contributed by atoms with E-state index in [2.05, 4.69) is 54.0 Å². The Morgan fingerprint density at radius 2 is 1.66 bits per heavy atom. The summed E-state index contributed by atoms with van der Waals surface area (Å²) in [4.78, 5) is 13.4. The lowest BCUT2D eigenvalue weighted by molar-refractivity contribution is -0.144. The fourth-order valence-electron chi connectivity index (χ4n) is 6.46. The van der Waals surface area contributed by atoms with Gasteiger partial charge in [0.15, 0.2) is 11.5 Å². The van der Waals surface area contributed by atoms with Crippen molar-refractivity contribution in [2.24, 2.45) is 11.8 Å². The summed E-state index contributed by atoms with van der Waals surface area (Å²) in [5, 5.41) is 14.3. The topological polar surface area (TPSA) is 79.2 Å². The summed E-state index contributed by atoms with van der Waals surface area (Å²) in [5.41, 5.74) is 4.10. The van der Waals surface area contributed by atoms with E-state index in [4.69, 9.17) is 18.9 Å². The Hall–Kier alpha value is -3.01. The highest BCUT2D eigenvalue weighted by Crippen LogP contribution is 2.60. The van der Waals surface area contributed by atoms with Gasteiger partial charge in [-0.25, -0.2) is 0 Å². The molecular formula is C32H35NO6S2. The molecule has 3 heterocycles. The van der Waals surface area contributed by atoms with Crippen molar-refractivity contribution in [2.45, 2.75) is 30.1 Å². The smallest absolute Gasteiger partial charge is 0.312 e. The molecule has 3 atom stereocenters. The molecule has 1 aromatic heterocycles. The fraction of sp³-hybridized carbons (Fsp3) is 0.406. The minimum atomic E-state index is -1.12. The zero-order valence-corrected chi connectivity index (χ0v) is 25.3. The van der Waals surface area contributed by atoms with Crippen molar-refractivity contribution < 1.29 is 28.8 Å². The van der Waals surface area contributed by atoms with Crippen molar-refractivity contribution in [1.29, 1.82) is 0 Å². The summed E-state index contributed by atoms with van der Waals surface area (Å²) in [6, 6.07) is 18.7. The highest BCUT2D eigenvalue weighted by atomic mass is 32.2. The Kier molecular flexibility index (Phi) is 7.78. The van der Waals surface area contributed by atoms with E-state index in [0.717, 1.165) is 30.0 Å². The molecule has 41 heavy (non-hydrogen) atoms. The molecule has 2 fully saturated rings. The van der Waals surface area contributed by atoms with E-state index >= 15 is 0 Å². The SMILES string of the molecule is CCn1c2ccccc2c2cc(C3([C@H]4COC(=O)[C@@H]4[C@H](O)c4cc(OC)c(OC)c(OC)c4)SCCCS3)ccc21. The van der Waals surface area contributed by atoms with E-state index in [1.54, 1.807) is 12.1 Å². The molecular weight excluding hydrogens is 558 g/mol. The molecule has 9 heteroatoms. The Labute approximate surface area is 248 Å². The third kappa shape index (κ3) is 4.53. The Bertz CT molecular complexity index is 1570. The van der Waals surface area contributed by atoms with Crippen LogP contribution in [0.4, 0.5) is 0 Å². The highest BCUT2D eigenvalue weighted by molar-refractivity contribution is 8.18. The molecule has 0 unspecified atom stereocenters. The maximum atomic E-state index is 13.4. The number of aliphatic hydroxyl groups excluding tert-OH is 1. The number of carbonyl (C=O) groups is 1. The van der Waals surface area contributed by atoms with Crippen molar-refractivity contribution in [2.75, 3.05) is 39.4 Å². The maximum Gasteiger partial charge on any atom is 0.312 e. The van der Waals surface area contributed by atoms with Crippen molar-refractivity contribution in [3.63, 3.8) is 0 Å². The van der Waals surface area contributed by atoms with Gasteiger partial charge in [0.2, 0.25) is 5.75 Å². The number of carbonyl (C=O) groups excluding carboxylic acids is 1. The van der Waals surface area contributed by atoms with Crippen LogP contribution < -0.4 is 14.2 Å². The molecule has 1 N–H and O–H groups in total. The Balaban J connectivity index is 1.47. The third-order valence-corrected chi connectivity index (χ3v) is 12.0. The van der Waals surface area contributed by atoms with Crippen LogP contribution in [-0.4, -0.2) is 55.1 Å². The van der Waals surface area contributed by atoms with Crippen molar-refractivity contribution >= 4 is 51.3 Å².